The fraction of sp³-hybridized carbons (Fsp3) is 1.00. The Balaban J connectivity index is 4.49. The van der Waals surface area contributed by atoms with Crippen molar-refractivity contribution < 1.29 is 19.3 Å². The Hall–Kier alpha value is -0.535. The standard InChI is InChI=1S/C18H37BN2O5/c1-6-16(22,7-2)13-25-17(8-3,9-4)14-24-11-10-18(19,20)26-15(5)12-21-23/h15,22H,6-14,20H2,1-5H3/t15-,18-/m0/s1. The van der Waals surface area contributed by atoms with Crippen molar-refractivity contribution in [2.45, 2.75) is 89.7 Å². The van der Waals surface area contributed by atoms with Gasteiger partial charge in [0, 0.05) is 13.0 Å². The Morgan fingerprint density at radius 3 is 2.15 bits per heavy atom. The van der Waals surface area contributed by atoms with Crippen molar-refractivity contribution >= 4 is 7.85 Å². The summed E-state index contributed by atoms with van der Waals surface area (Å²) >= 11 is 0. The van der Waals surface area contributed by atoms with Crippen LogP contribution in [0, 0.1) is 4.91 Å². The topological polar surface area (TPSA) is 103 Å². The molecule has 0 fully saturated rings. The number of nitroso groups, excluding NO2 is 1. The van der Waals surface area contributed by atoms with Gasteiger partial charge in [-0.05, 0) is 32.6 Å². The third kappa shape index (κ3) is 9.42. The van der Waals surface area contributed by atoms with Gasteiger partial charge in [0.1, 0.15) is 14.4 Å². The summed E-state index contributed by atoms with van der Waals surface area (Å²) in [5, 5.41) is 13.2. The van der Waals surface area contributed by atoms with Crippen LogP contribution in [0.3, 0.4) is 0 Å². The Bertz CT molecular complexity index is 388. The average molecular weight is 372 g/mol. The molecule has 0 heterocycles. The number of rotatable bonds is 16. The molecule has 0 unspecified atom stereocenters. The normalized spacial score (nSPS) is 16.3. The van der Waals surface area contributed by atoms with Crippen LogP contribution < -0.4 is 5.73 Å². The van der Waals surface area contributed by atoms with Crippen molar-refractivity contribution in [3.8, 4) is 0 Å². The van der Waals surface area contributed by atoms with Crippen LogP contribution in [0.5, 0.6) is 0 Å². The van der Waals surface area contributed by atoms with Crippen molar-refractivity contribution in [2.75, 3.05) is 26.4 Å². The van der Waals surface area contributed by atoms with Crippen molar-refractivity contribution in [1.82, 2.24) is 0 Å². The lowest BCUT2D eigenvalue weighted by Gasteiger charge is -2.36. The molecular formula is C18H37BN2O5. The molecule has 0 rings (SSSR count). The first-order valence-electron chi connectivity index (χ1n) is 9.60. The maximum atomic E-state index is 10.4. The van der Waals surface area contributed by atoms with E-state index < -0.39 is 22.9 Å². The molecule has 0 amide bonds. The summed E-state index contributed by atoms with van der Waals surface area (Å²) in [5.74, 6) is 0. The van der Waals surface area contributed by atoms with Crippen LogP contribution in [0.4, 0.5) is 0 Å². The summed E-state index contributed by atoms with van der Waals surface area (Å²) in [4.78, 5) is 10.2. The summed E-state index contributed by atoms with van der Waals surface area (Å²) in [6.45, 7) is 10.6. The number of hydrogen-bond acceptors (Lipinski definition) is 7. The van der Waals surface area contributed by atoms with E-state index >= 15 is 0 Å². The van der Waals surface area contributed by atoms with Gasteiger partial charge in [-0.1, -0.05) is 32.9 Å². The first kappa shape index (κ1) is 25.5. The second-order valence-corrected chi connectivity index (χ2v) is 7.11. The van der Waals surface area contributed by atoms with Crippen molar-refractivity contribution in [2.24, 2.45) is 10.9 Å². The van der Waals surface area contributed by atoms with Gasteiger partial charge in [-0.15, -0.1) is 0 Å². The highest BCUT2D eigenvalue weighted by Crippen LogP contribution is 2.25. The van der Waals surface area contributed by atoms with Gasteiger partial charge in [-0.2, -0.15) is 4.91 Å². The molecule has 8 heteroatoms. The Morgan fingerprint density at radius 2 is 1.69 bits per heavy atom. The van der Waals surface area contributed by atoms with E-state index in [9.17, 15) is 10.0 Å². The Morgan fingerprint density at radius 1 is 1.12 bits per heavy atom. The highest BCUT2D eigenvalue weighted by molar-refractivity contribution is 6.14. The van der Waals surface area contributed by atoms with Gasteiger partial charge < -0.3 is 25.1 Å². The average Bonchev–Trinajstić information content (AvgIpc) is 2.61. The van der Waals surface area contributed by atoms with Gasteiger partial charge in [0.05, 0.1) is 36.1 Å². The summed E-state index contributed by atoms with van der Waals surface area (Å²) in [7, 11) is 5.88. The fourth-order valence-corrected chi connectivity index (χ4v) is 2.51. The number of aliphatic hydroxyl groups is 1. The predicted molar refractivity (Wildman–Crippen MR) is 104 cm³/mol. The molecule has 0 aromatic carbocycles. The zero-order valence-electron chi connectivity index (χ0n) is 17.1. The van der Waals surface area contributed by atoms with Gasteiger partial charge in [-0.25, -0.2) is 0 Å². The van der Waals surface area contributed by atoms with Crippen molar-refractivity contribution in [3.05, 3.63) is 4.91 Å². The van der Waals surface area contributed by atoms with E-state index in [0.717, 1.165) is 12.8 Å². The molecular weight excluding hydrogens is 335 g/mol. The summed E-state index contributed by atoms with van der Waals surface area (Å²) in [5.41, 5.74) is 3.24. The third-order valence-corrected chi connectivity index (χ3v) is 5.01. The lowest BCUT2D eigenvalue weighted by Crippen LogP contribution is -2.48. The third-order valence-electron chi connectivity index (χ3n) is 5.01. The van der Waals surface area contributed by atoms with Gasteiger partial charge in [-0.3, -0.25) is 0 Å². The van der Waals surface area contributed by atoms with Crippen LogP contribution in [-0.2, 0) is 14.2 Å². The molecule has 2 atom stereocenters. The molecule has 0 bridgehead atoms. The van der Waals surface area contributed by atoms with E-state index in [1.165, 1.54) is 0 Å². The monoisotopic (exact) mass is 372 g/mol. The summed E-state index contributed by atoms with van der Waals surface area (Å²) in [6, 6.07) is 0. The van der Waals surface area contributed by atoms with Gasteiger partial charge in [0.15, 0.2) is 0 Å². The van der Waals surface area contributed by atoms with E-state index in [0.29, 0.717) is 26.1 Å². The molecule has 0 saturated carbocycles. The van der Waals surface area contributed by atoms with E-state index in [1.54, 1.807) is 6.92 Å². The van der Waals surface area contributed by atoms with E-state index in [4.69, 9.17) is 27.8 Å². The molecule has 2 radical (unpaired) electrons. The highest BCUT2D eigenvalue weighted by atomic mass is 16.6. The molecule has 26 heavy (non-hydrogen) atoms. The van der Waals surface area contributed by atoms with Crippen molar-refractivity contribution in [1.29, 1.82) is 0 Å². The molecule has 0 aromatic heterocycles. The highest BCUT2D eigenvalue weighted by Gasteiger charge is 2.32. The second kappa shape index (κ2) is 12.0. The minimum absolute atomic E-state index is 0.00258. The van der Waals surface area contributed by atoms with Gasteiger partial charge in [0.2, 0.25) is 0 Å². The molecule has 3 N–H and O–H groups in total. The fourth-order valence-electron chi connectivity index (χ4n) is 2.51. The van der Waals surface area contributed by atoms with Crippen LogP contribution >= 0.6 is 0 Å². The van der Waals surface area contributed by atoms with E-state index in [1.807, 2.05) is 27.7 Å². The number of nitrogens with two attached hydrogens (primary N) is 1. The van der Waals surface area contributed by atoms with Crippen LogP contribution in [0.15, 0.2) is 5.18 Å². The molecule has 0 aliphatic rings. The molecule has 0 aromatic rings. The largest absolute Gasteiger partial charge is 0.388 e. The van der Waals surface area contributed by atoms with Crippen LogP contribution in [0.2, 0.25) is 0 Å². The van der Waals surface area contributed by atoms with Crippen LogP contribution in [0.1, 0.15) is 66.7 Å². The maximum absolute atomic E-state index is 10.4. The van der Waals surface area contributed by atoms with Gasteiger partial charge in [0.25, 0.3) is 0 Å². The maximum Gasteiger partial charge on any atom is 0.135 e. The quantitative estimate of drug-likeness (QED) is 0.187. The number of hydrogen-bond donors (Lipinski definition) is 2. The first-order chi connectivity index (χ1) is 12.1. The zero-order chi connectivity index (χ0) is 20.3. The summed E-state index contributed by atoms with van der Waals surface area (Å²) in [6.07, 6.45) is 2.64. The second-order valence-electron chi connectivity index (χ2n) is 7.11. The number of nitrogens with zero attached hydrogens (tertiary/aromatic N) is 1. The minimum Gasteiger partial charge on any atom is -0.388 e. The van der Waals surface area contributed by atoms with Crippen LogP contribution in [-0.4, -0.2) is 62.2 Å². The summed E-state index contributed by atoms with van der Waals surface area (Å²) < 4.78 is 17.2. The predicted octanol–water partition coefficient (Wildman–Crippen LogP) is 2.47. The molecule has 0 aliphatic carbocycles. The SMILES string of the molecule is [B][C@](N)(CCOCC(CC)(CC)OCC(O)(CC)CC)O[C@@H](C)CN=O. The van der Waals surface area contributed by atoms with E-state index in [-0.39, 0.29) is 19.6 Å². The van der Waals surface area contributed by atoms with Crippen LogP contribution in [0.25, 0.3) is 0 Å². The van der Waals surface area contributed by atoms with Crippen molar-refractivity contribution in [3.63, 3.8) is 0 Å². The van der Waals surface area contributed by atoms with Gasteiger partial charge >= 0.3 is 0 Å². The minimum atomic E-state index is -1.38. The smallest absolute Gasteiger partial charge is 0.135 e. The Kier molecular flexibility index (Phi) is 11.8. The molecule has 0 aliphatic heterocycles. The zero-order valence-corrected chi connectivity index (χ0v) is 17.1. The molecule has 0 spiro atoms. The molecule has 7 nitrogen and oxygen atoms in total. The molecule has 152 valence electrons. The molecule has 0 saturated heterocycles. The number of ether oxygens (including phenoxy) is 3. The van der Waals surface area contributed by atoms with E-state index in [2.05, 4.69) is 5.18 Å². The lowest BCUT2D eigenvalue weighted by atomic mass is 9.88. The lowest BCUT2D eigenvalue weighted by molar-refractivity contribution is -0.153. The first-order valence-corrected chi connectivity index (χ1v) is 9.60. The Labute approximate surface area is 159 Å².